The number of methoxy groups -OCH3 is 1. The van der Waals surface area contributed by atoms with Crippen molar-refractivity contribution in [3.63, 3.8) is 0 Å². The molecule has 11 heteroatoms. The van der Waals surface area contributed by atoms with Crippen LogP contribution in [-0.4, -0.2) is 57.6 Å². The molecular formula is C24H31Cl2N3O5S. The van der Waals surface area contributed by atoms with Crippen LogP contribution in [0.2, 0.25) is 10.0 Å². The Balaban J connectivity index is 2.47. The lowest BCUT2D eigenvalue weighted by Crippen LogP contribution is -2.52. The normalized spacial score (nSPS) is 12.1. The van der Waals surface area contributed by atoms with Crippen LogP contribution < -0.4 is 14.4 Å². The molecule has 2 aromatic carbocycles. The molecule has 2 aromatic rings. The average Bonchev–Trinajstić information content (AvgIpc) is 2.82. The van der Waals surface area contributed by atoms with E-state index >= 15 is 0 Å². The fourth-order valence-electron chi connectivity index (χ4n) is 3.50. The van der Waals surface area contributed by atoms with Crippen LogP contribution in [0, 0.1) is 0 Å². The van der Waals surface area contributed by atoms with Crippen LogP contribution in [0.1, 0.15) is 32.3 Å². The number of carbonyl (C=O) groups is 2. The molecule has 2 amide bonds. The number of amides is 2. The topological polar surface area (TPSA) is 96.0 Å². The Bertz CT molecular complexity index is 1110. The molecule has 0 unspecified atom stereocenters. The summed E-state index contributed by atoms with van der Waals surface area (Å²) in [6.45, 7) is 3.58. The van der Waals surface area contributed by atoms with Gasteiger partial charge in [-0.2, -0.15) is 0 Å². The summed E-state index contributed by atoms with van der Waals surface area (Å²) >= 11 is 12.7. The van der Waals surface area contributed by atoms with E-state index in [2.05, 4.69) is 5.32 Å². The third-order valence-corrected chi connectivity index (χ3v) is 7.21. The van der Waals surface area contributed by atoms with E-state index in [-0.39, 0.29) is 12.5 Å². The molecule has 1 N–H and O–H groups in total. The molecule has 35 heavy (non-hydrogen) atoms. The molecule has 0 aliphatic heterocycles. The quantitative estimate of drug-likeness (QED) is 0.434. The smallest absolute Gasteiger partial charge is 0.244 e. The van der Waals surface area contributed by atoms with Crippen LogP contribution in [0.4, 0.5) is 5.69 Å². The fraction of sp³-hybridized carbons (Fsp3) is 0.417. The zero-order chi connectivity index (χ0) is 26.2. The lowest BCUT2D eigenvalue weighted by molar-refractivity contribution is -0.140. The molecule has 0 radical (unpaired) electrons. The maximum atomic E-state index is 13.6. The Morgan fingerprint density at radius 1 is 1.06 bits per heavy atom. The van der Waals surface area contributed by atoms with Crippen molar-refractivity contribution >= 4 is 50.7 Å². The van der Waals surface area contributed by atoms with Gasteiger partial charge in [0.25, 0.3) is 0 Å². The second-order valence-electron chi connectivity index (χ2n) is 7.90. The summed E-state index contributed by atoms with van der Waals surface area (Å²) in [5.41, 5.74) is 0.766. The standard InChI is InChI=1S/C24H31Cl2N3O5S/c1-5-14-27-24(31)22(6-2)28(15-19-20(25)8-7-9-21(19)26)23(30)16-29(35(4,32)33)17-10-12-18(34-3)13-11-17/h7-13,22H,5-6,14-16H2,1-4H3,(H,27,31)/t22-/m0/s1. The van der Waals surface area contributed by atoms with Gasteiger partial charge in [-0.3, -0.25) is 13.9 Å². The molecule has 0 saturated carbocycles. The van der Waals surface area contributed by atoms with Crippen LogP contribution >= 0.6 is 23.2 Å². The molecule has 0 bridgehead atoms. The van der Waals surface area contributed by atoms with Gasteiger partial charge < -0.3 is 15.0 Å². The van der Waals surface area contributed by atoms with Gasteiger partial charge in [0.1, 0.15) is 18.3 Å². The Morgan fingerprint density at radius 2 is 1.66 bits per heavy atom. The summed E-state index contributed by atoms with van der Waals surface area (Å²) in [5.74, 6) is -0.357. The number of hydrogen-bond donors (Lipinski definition) is 1. The number of nitrogens with one attached hydrogen (secondary N) is 1. The minimum absolute atomic E-state index is 0.0599. The molecule has 1 atom stereocenters. The Labute approximate surface area is 217 Å². The SMILES string of the molecule is CCCNC(=O)[C@H](CC)N(Cc1c(Cl)cccc1Cl)C(=O)CN(c1ccc(OC)cc1)S(C)(=O)=O. The summed E-state index contributed by atoms with van der Waals surface area (Å²) in [7, 11) is -2.33. The van der Waals surface area contributed by atoms with Crippen LogP contribution in [0.15, 0.2) is 42.5 Å². The van der Waals surface area contributed by atoms with Crippen molar-refractivity contribution in [3.05, 3.63) is 58.1 Å². The molecule has 8 nitrogen and oxygen atoms in total. The highest BCUT2D eigenvalue weighted by Gasteiger charge is 2.32. The van der Waals surface area contributed by atoms with Gasteiger partial charge >= 0.3 is 0 Å². The first kappa shape index (κ1) is 28.7. The largest absolute Gasteiger partial charge is 0.497 e. The molecule has 0 aliphatic rings. The second kappa shape index (κ2) is 13.0. The van der Waals surface area contributed by atoms with Crippen molar-refractivity contribution in [1.82, 2.24) is 10.2 Å². The van der Waals surface area contributed by atoms with Gasteiger partial charge in [-0.1, -0.05) is 43.1 Å². The number of hydrogen-bond acceptors (Lipinski definition) is 5. The summed E-state index contributed by atoms with van der Waals surface area (Å²) < 4.78 is 31.4. The molecular weight excluding hydrogens is 513 g/mol. The number of benzene rings is 2. The third kappa shape index (κ3) is 7.75. The van der Waals surface area contributed by atoms with E-state index in [1.165, 1.54) is 12.0 Å². The van der Waals surface area contributed by atoms with Gasteiger partial charge in [-0.25, -0.2) is 8.42 Å². The molecule has 0 aliphatic carbocycles. The van der Waals surface area contributed by atoms with E-state index < -0.39 is 28.5 Å². The summed E-state index contributed by atoms with van der Waals surface area (Å²) in [5, 5.41) is 3.50. The van der Waals surface area contributed by atoms with Gasteiger partial charge in [0, 0.05) is 28.7 Å². The Morgan fingerprint density at radius 3 is 2.14 bits per heavy atom. The Kier molecular flexibility index (Phi) is 10.7. The highest BCUT2D eigenvalue weighted by molar-refractivity contribution is 7.92. The van der Waals surface area contributed by atoms with Crippen molar-refractivity contribution in [2.75, 3.05) is 30.8 Å². The van der Waals surface area contributed by atoms with Crippen molar-refractivity contribution < 1.29 is 22.7 Å². The van der Waals surface area contributed by atoms with Crippen LogP contribution in [-0.2, 0) is 26.2 Å². The highest BCUT2D eigenvalue weighted by atomic mass is 35.5. The van der Waals surface area contributed by atoms with Crippen LogP contribution in [0.3, 0.4) is 0 Å². The van der Waals surface area contributed by atoms with Crippen molar-refractivity contribution in [1.29, 1.82) is 0 Å². The van der Waals surface area contributed by atoms with Gasteiger partial charge in [0.2, 0.25) is 21.8 Å². The number of carbonyl (C=O) groups excluding carboxylic acids is 2. The number of ether oxygens (including phenoxy) is 1. The van der Waals surface area contributed by atoms with E-state index in [1.807, 2.05) is 6.92 Å². The average molecular weight is 545 g/mol. The monoisotopic (exact) mass is 543 g/mol. The summed E-state index contributed by atoms with van der Waals surface area (Å²) in [6, 6.07) is 10.4. The van der Waals surface area contributed by atoms with Crippen molar-refractivity contribution in [2.45, 2.75) is 39.3 Å². The number of anilines is 1. The molecule has 2 rings (SSSR count). The molecule has 0 saturated heterocycles. The number of nitrogens with zero attached hydrogens (tertiary/aromatic N) is 2. The molecule has 192 valence electrons. The first-order valence-corrected chi connectivity index (χ1v) is 13.8. The van der Waals surface area contributed by atoms with E-state index in [4.69, 9.17) is 27.9 Å². The lowest BCUT2D eigenvalue weighted by atomic mass is 10.1. The minimum Gasteiger partial charge on any atom is -0.497 e. The fourth-order valence-corrected chi connectivity index (χ4v) is 4.87. The van der Waals surface area contributed by atoms with Crippen LogP contribution in [0.5, 0.6) is 5.75 Å². The minimum atomic E-state index is -3.83. The first-order chi connectivity index (χ1) is 16.5. The number of halogens is 2. The summed E-state index contributed by atoms with van der Waals surface area (Å²) in [4.78, 5) is 27.9. The van der Waals surface area contributed by atoms with E-state index in [1.54, 1.807) is 49.4 Å². The van der Waals surface area contributed by atoms with E-state index in [0.717, 1.165) is 17.0 Å². The zero-order valence-electron chi connectivity index (χ0n) is 20.3. The molecule has 0 heterocycles. The predicted octanol–water partition coefficient (Wildman–Crippen LogP) is 4.10. The molecule has 0 spiro atoms. The van der Waals surface area contributed by atoms with Gasteiger partial charge in [0.15, 0.2) is 0 Å². The second-order valence-corrected chi connectivity index (χ2v) is 10.6. The lowest BCUT2D eigenvalue weighted by Gasteiger charge is -2.33. The summed E-state index contributed by atoms with van der Waals surface area (Å²) in [6.07, 6.45) is 2.06. The molecule has 0 aromatic heterocycles. The number of rotatable bonds is 12. The first-order valence-electron chi connectivity index (χ1n) is 11.1. The van der Waals surface area contributed by atoms with Crippen molar-refractivity contribution in [3.8, 4) is 5.75 Å². The predicted molar refractivity (Wildman–Crippen MR) is 140 cm³/mol. The van der Waals surface area contributed by atoms with Gasteiger partial charge in [-0.05, 0) is 49.2 Å². The van der Waals surface area contributed by atoms with Crippen molar-refractivity contribution in [2.24, 2.45) is 0 Å². The maximum Gasteiger partial charge on any atom is 0.244 e. The Hall–Kier alpha value is -2.49. The maximum absolute atomic E-state index is 13.6. The third-order valence-electron chi connectivity index (χ3n) is 5.36. The van der Waals surface area contributed by atoms with Gasteiger partial charge in [-0.15, -0.1) is 0 Å². The number of sulfonamides is 1. The van der Waals surface area contributed by atoms with Crippen LogP contribution in [0.25, 0.3) is 0 Å². The van der Waals surface area contributed by atoms with E-state index in [9.17, 15) is 18.0 Å². The zero-order valence-corrected chi connectivity index (χ0v) is 22.6. The van der Waals surface area contributed by atoms with E-state index in [0.29, 0.717) is 40.0 Å². The highest BCUT2D eigenvalue weighted by Crippen LogP contribution is 2.28. The molecule has 0 fully saturated rings. The van der Waals surface area contributed by atoms with Gasteiger partial charge in [0.05, 0.1) is 19.1 Å².